The fourth-order valence-corrected chi connectivity index (χ4v) is 4.77. The maximum Gasteiger partial charge on any atom is 0.335 e. The molecule has 3 aromatic carbocycles. The van der Waals surface area contributed by atoms with Crippen LogP contribution in [0.2, 0.25) is 0 Å². The van der Waals surface area contributed by atoms with Crippen LogP contribution in [0.3, 0.4) is 0 Å². The van der Waals surface area contributed by atoms with Crippen LogP contribution in [-0.2, 0) is 22.6 Å². The third-order valence-electron chi connectivity index (χ3n) is 6.31. The second-order valence-corrected chi connectivity index (χ2v) is 9.76. The van der Waals surface area contributed by atoms with Crippen LogP contribution < -0.4 is 19.7 Å². The van der Waals surface area contributed by atoms with E-state index in [9.17, 15) is 14.4 Å². The Balaban J connectivity index is 1.67. The molecule has 1 aliphatic heterocycles. The SMILES string of the molecule is CCOc1cc(/C=C2/C(=O)NC(=O)N(c3ccccc3CC)C2=O)cc(Br)c1OCc1ccc(C)c(C)c1. The average Bonchev–Trinajstić information content (AvgIpc) is 2.88. The molecule has 4 rings (SSSR count). The molecule has 0 atom stereocenters. The largest absolute Gasteiger partial charge is 0.490 e. The van der Waals surface area contributed by atoms with Gasteiger partial charge in [-0.25, -0.2) is 9.69 Å². The van der Waals surface area contributed by atoms with Crippen molar-refractivity contribution in [2.45, 2.75) is 40.7 Å². The lowest BCUT2D eigenvalue weighted by Gasteiger charge is -2.28. The maximum atomic E-state index is 13.4. The zero-order valence-corrected chi connectivity index (χ0v) is 23.3. The lowest BCUT2D eigenvalue weighted by atomic mass is 10.0. The molecule has 0 spiro atoms. The summed E-state index contributed by atoms with van der Waals surface area (Å²) in [6.07, 6.45) is 2.07. The van der Waals surface area contributed by atoms with Crippen LogP contribution in [0.4, 0.5) is 10.5 Å². The zero-order valence-electron chi connectivity index (χ0n) is 21.8. The quantitative estimate of drug-likeness (QED) is 0.252. The topological polar surface area (TPSA) is 84.9 Å². The van der Waals surface area contributed by atoms with E-state index in [4.69, 9.17) is 9.47 Å². The minimum atomic E-state index is -0.774. The number of halogens is 1. The van der Waals surface area contributed by atoms with E-state index in [0.29, 0.717) is 46.9 Å². The highest BCUT2D eigenvalue weighted by molar-refractivity contribution is 9.10. The van der Waals surface area contributed by atoms with Crippen LogP contribution >= 0.6 is 15.9 Å². The van der Waals surface area contributed by atoms with Gasteiger partial charge in [0, 0.05) is 0 Å². The van der Waals surface area contributed by atoms with Gasteiger partial charge in [-0.15, -0.1) is 0 Å². The van der Waals surface area contributed by atoms with Crippen LogP contribution in [0, 0.1) is 13.8 Å². The number of carbonyl (C=O) groups excluding carboxylic acids is 3. The summed E-state index contributed by atoms with van der Waals surface area (Å²) < 4.78 is 12.6. The molecule has 1 fully saturated rings. The third kappa shape index (κ3) is 5.65. The van der Waals surface area contributed by atoms with Crippen molar-refractivity contribution in [3.8, 4) is 11.5 Å². The van der Waals surface area contributed by atoms with Crippen molar-refractivity contribution in [2.24, 2.45) is 0 Å². The van der Waals surface area contributed by atoms with Crippen LogP contribution in [0.5, 0.6) is 11.5 Å². The Morgan fingerprint density at radius 2 is 1.71 bits per heavy atom. The lowest BCUT2D eigenvalue weighted by molar-refractivity contribution is -0.122. The van der Waals surface area contributed by atoms with Gasteiger partial charge in [-0.2, -0.15) is 0 Å². The highest BCUT2D eigenvalue weighted by Gasteiger charge is 2.37. The Hall–Kier alpha value is -3.91. The van der Waals surface area contributed by atoms with Crippen molar-refractivity contribution in [1.29, 1.82) is 0 Å². The molecular weight excluding hydrogens is 548 g/mol. The molecule has 0 radical (unpaired) electrons. The molecule has 0 saturated carbocycles. The number of benzene rings is 3. The van der Waals surface area contributed by atoms with E-state index < -0.39 is 17.8 Å². The number of para-hydroxylation sites is 1. The van der Waals surface area contributed by atoms with Crippen LogP contribution in [0.15, 0.2) is 64.6 Å². The lowest BCUT2D eigenvalue weighted by Crippen LogP contribution is -2.54. The molecule has 0 bridgehead atoms. The van der Waals surface area contributed by atoms with Gasteiger partial charge in [0.2, 0.25) is 0 Å². The summed E-state index contributed by atoms with van der Waals surface area (Å²) in [7, 11) is 0. The van der Waals surface area contributed by atoms with E-state index in [0.717, 1.165) is 16.0 Å². The van der Waals surface area contributed by atoms with Crippen LogP contribution in [-0.4, -0.2) is 24.5 Å². The Morgan fingerprint density at radius 3 is 2.42 bits per heavy atom. The first-order valence-electron chi connectivity index (χ1n) is 12.4. The number of anilines is 1. The number of imide groups is 2. The van der Waals surface area contributed by atoms with E-state index in [1.807, 2.05) is 32.0 Å². The maximum absolute atomic E-state index is 13.4. The minimum absolute atomic E-state index is 0.159. The van der Waals surface area contributed by atoms with Crippen molar-refractivity contribution < 1.29 is 23.9 Å². The summed E-state index contributed by atoms with van der Waals surface area (Å²) >= 11 is 3.56. The number of urea groups is 1. The average molecular weight is 577 g/mol. The van der Waals surface area contributed by atoms with Gasteiger partial charge in [0.15, 0.2) is 11.5 Å². The molecule has 1 N–H and O–H groups in total. The summed E-state index contributed by atoms with van der Waals surface area (Å²) in [5.41, 5.74) is 5.06. The second-order valence-electron chi connectivity index (χ2n) is 8.91. The first-order chi connectivity index (χ1) is 18.2. The molecule has 0 aromatic heterocycles. The van der Waals surface area contributed by atoms with Gasteiger partial charge in [0.05, 0.1) is 16.8 Å². The molecule has 1 saturated heterocycles. The molecule has 1 heterocycles. The van der Waals surface area contributed by atoms with Crippen LogP contribution in [0.1, 0.15) is 41.7 Å². The number of carbonyl (C=O) groups is 3. The molecule has 38 heavy (non-hydrogen) atoms. The predicted molar refractivity (Wildman–Crippen MR) is 150 cm³/mol. The Kier molecular flexibility index (Phi) is 8.32. The van der Waals surface area contributed by atoms with E-state index in [2.05, 4.69) is 47.2 Å². The van der Waals surface area contributed by atoms with E-state index in [1.165, 1.54) is 17.2 Å². The van der Waals surface area contributed by atoms with Gasteiger partial charge in [0.1, 0.15) is 12.2 Å². The number of rotatable bonds is 8. The standard InChI is InChI=1S/C30H29BrN2O5/c1-5-22-9-7-8-10-25(22)33-29(35)23(28(34)32-30(33)36)14-21-15-24(31)27(26(16-21)37-6-2)38-17-20-12-11-18(3)19(4)13-20/h7-16H,5-6,17H2,1-4H3,(H,32,34,36)/b23-14-. The molecule has 8 heteroatoms. The normalized spacial score (nSPS) is 14.6. The molecule has 7 nitrogen and oxygen atoms in total. The van der Waals surface area contributed by atoms with Gasteiger partial charge in [-0.1, -0.05) is 43.3 Å². The van der Waals surface area contributed by atoms with Crippen molar-refractivity contribution >= 4 is 45.5 Å². The molecule has 1 aliphatic rings. The number of ether oxygens (including phenoxy) is 2. The molecular formula is C30H29BrN2O5. The molecule has 3 aromatic rings. The number of amides is 4. The van der Waals surface area contributed by atoms with Crippen molar-refractivity contribution in [3.05, 3.63) is 92.5 Å². The van der Waals surface area contributed by atoms with Gasteiger partial charge < -0.3 is 9.47 Å². The predicted octanol–water partition coefficient (Wildman–Crippen LogP) is 6.27. The van der Waals surface area contributed by atoms with Crippen molar-refractivity contribution in [1.82, 2.24) is 5.32 Å². The van der Waals surface area contributed by atoms with E-state index in [1.54, 1.807) is 24.3 Å². The first kappa shape index (κ1) is 27.1. The highest BCUT2D eigenvalue weighted by Crippen LogP contribution is 2.38. The number of hydrogen-bond acceptors (Lipinski definition) is 5. The highest BCUT2D eigenvalue weighted by atomic mass is 79.9. The fraction of sp³-hybridized carbons (Fsp3) is 0.233. The summed E-state index contributed by atoms with van der Waals surface area (Å²) in [6, 6.07) is 16.0. The summed E-state index contributed by atoms with van der Waals surface area (Å²) in [4.78, 5) is 39.8. The first-order valence-corrected chi connectivity index (χ1v) is 13.2. The summed E-state index contributed by atoms with van der Waals surface area (Å²) in [6.45, 7) is 8.65. The summed E-state index contributed by atoms with van der Waals surface area (Å²) in [5, 5.41) is 2.28. The van der Waals surface area contributed by atoms with Crippen molar-refractivity contribution in [3.63, 3.8) is 0 Å². The fourth-order valence-electron chi connectivity index (χ4n) is 4.19. The Labute approximate surface area is 230 Å². The monoisotopic (exact) mass is 576 g/mol. The zero-order chi connectivity index (χ0) is 27.4. The van der Waals surface area contributed by atoms with Gasteiger partial charge >= 0.3 is 6.03 Å². The van der Waals surface area contributed by atoms with E-state index in [-0.39, 0.29) is 5.57 Å². The van der Waals surface area contributed by atoms with Gasteiger partial charge in [-0.3, -0.25) is 14.9 Å². The van der Waals surface area contributed by atoms with E-state index >= 15 is 0 Å². The third-order valence-corrected chi connectivity index (χ3v) is 6.90. The number of nitrogens with zero attached hydrogens (tertiary/aromatic N) is 1. The number of aryl methyl sites for hydroxylation is 3. The van der Waals surface area contributed by atoms with Gasteiger partial charge in [0.25, 0.3) is 11.8 Å². The van der Waals surface area contributed by atoms with Gasteiger partial charge in [-0.05, 0) is 95.2 Å². The minimum Gasteiger partial charge on any atom is -0.490 e. The number of nitrogens with one attached hydrogen (secondary N) is 1. The second kappa shape index (κ2) is 11.6. The smallest absolute Gasteiger partial charge is 0.335 e. The molecule has 196 valence electrons. The Morgan fingerprint density at radius 1 is 0.947 bits per heavy atom. The Bertz CT molecular complexity index is 1450. The molecule has 0 unspecified atom stereocenters. The summed E-state index contributed by atoms with van der Waals surface area (Å²) in [5.74, 6) is -0.469. The molecule has 0 aliphatic carbocycles. The van der Waals surface area contributed by atoms with Crippen LogP contribution in [0.25, 0.3) is 6.08 Å². The number of barbiturate groups is 1. The molecule has 4 amide bonds. The van der Waals surface area contributed by atoms with Crippen molar-refractivity contribution in [2.75, 3.05) is 11.5 Å². The number of hydrogen-bond donors (Lipinski definition) is 1.